The Labute approximate surface area is 108 Å². The average molecular weight is 222 g/mol. The SMILES string of the molecule is C=C(O)CC(=O)OCCOC(=O)C(=C)C.[H-].[Li+]. The van der Waals surface area contributed by atoms with E-state index in [4.69, 9.17) is 5.11 Å². The van der Waals surface area contributed by atoms with Crippen LogP contribution in [0.5, 0.6) is 0 Å². The maximum absolute atomic E-state index is 10.8. The van der Waals surface area contributed by atoms with E-state index in [-0.39, 0.29) is 51.3 Å². The molecule has 0 fully saturated rings. The molecular formula is C10H15LiO5. The molecule has 1 N–H and O–H groups in total. The Balaban J connectivity index is -0.000000980. The minimum Gasteiger partial charge on any atom is -1.00 e. The van der Waals surface area contributed by atoms with E-state index in [1.807, 2.05) is 0 Å². The van der Waals surface area contributed by atoms with Crippen LogP contribution in [-0.4, -0.2) is 30.3 Å². The molecule has 0 aliphatic heterocycles. The number of carbonyl (C=O) groups is 2. The topological polar surface area (TPSA) is 72.8 Å². The average Bonchev–Trinajstić information content (AvgIpc) is 2.10. The number of aliphatic hydroxyl groups is 1. The fraction of sp³-hybridized carbons (Fsp3) is 0.400. The minimum absolute atomic E-state index is 0. The van der Waals surface area contributed by atoms with E-state index in [9.17, 15) is 9.59 Å². The van der Waals surface area contributed by atoms with Crippen LogP contribution in [0.15, 0.2) is 24.5 Å². The summed E-state index contributed by atoms with van der Waals surface area (Å²) in [6.45, 7) is 7.95. The molecule has 0 aromatic heterocycles. The van der Waals surface area contributed by atoms with Gasteiger partial charge in [0, 0.05) is 5.57 Å². The van der Waals surface area contributed by atoms with Crippen molar-refractivity contribution in [2.45, 2.75) is 13.3 Å². The third kappa shape index (κ3) is 9.38. The first-order valence-electron chi connectivity index (χ1n) is 4.28. The maximum Gasteiger partial charge on any atom is 1.00 e. The van der Waals surface area contributed by atoms with Gasteiger partial charge in [-0.1, -0.05) is 13.2 Å². The van der Waals surface area contributed by atoms with Crippen molar-refractivity contribution in [1.82, 2.24) is 0 Å². The van der Waals surface area contributed by atoms with E-state index >= 15 is 0 Å². The molecular weight excluding hydrogens is 207 g/mol. The first kappa shape index (κ1) is 17.2. The van der Waals surface area contributed by atoms with Gasteiger partial charge in [-0.05, 0) is 6.92 Å². The van der Waals surface area contributed by atoms with E-state index in [0.717, 1.165) is 0 Å². The Morgan fingerprint density at radius 1 is 1.25 bits per heavy atom. The molecule has 16 heavy (non-hydrogen) atoms. The fourth-order valence-electron chi connectivity index (χ4n) is 0.631. The first-order valence-corrected chi connectivity index (χ1v) is 4.28. The maximum atomic E-state index is 10.8. The van der Waals surface area contributed by atoms with Crippen molar-refractivity contribution in [3.63, 3.8) is 0 Å². The van der Waals surface area contributed by atoms with Gasteiger partial charge in [-0.15, -0.1) is 0 Å². The minimum atomic E-state index is -0.617. The number of ether oxygens (including phenoxy) is 2. The van der Waals surface area contributed by atoms with Crippen molar-refractivity contribution in [2.75, 3.05) is 13.2 Å². The molecule has 0 saturated carbocycles. The van der Waals surface area contributed by atoms with Crippen molar-refractivity contribution in [3.05, 3.63) is 24.5 Å². The molecule has 0 aromatic carbocycles. The summed E-state index contributed by atoms with van der Waals surface area (Å²) in [5.41, 5.74) is 0.282. The molecule has 0 aliphatic rings. The normalized spacial score (nSPS) is 8.56. The number of esters is 2. The predicted octanol–water partition coefficient (Wildman–Crippen LogP) is -1.77. The second-order valence-corrected chi connectivity index (χ2v) is 2.88. The van der Waals surface area contributed by atoms with Crippen LogP contribution in [0.1, 0.15) is 14.8 Å². The molecule has 0 radical (unpaired) electrons. The number of aliphatic hydroxyl groups excluding tert-OH is 1. The predicted molar refractivity (Wildman–Crippen MR) is 54.2 cm³/mol. The number of carbonyl (C=O) groups excluding carboxylic acids is 2. The molecule has 0 unspecified atom stereocenters. The van der Waals surface area contributed by atoms with Gasteiger partial charge < -0.3 is 16.0 Å². The second-order valence-electron chi connectivity index (χ2n) is 2.88. The van der Waals surface area contributed by atoms with E-state index in [2.05, 4.69) is 22.6 Å². The van der Waals surface area contributed by atoms with Crippen LogP contribution in [0.25, 0.3) is 0 Å². The van der Waals surface area contributed by atoms with E-state index in [1.54, 1.807) is 0 Å². The largest absolute Gasteiger partial charge is 1.00 e. The quantitative estimate of drug-likeness (QED) is 0.189. The molecule has 0 bridgehead atoms. The Bertz CT molecular complexity index is 290. The van der Waals surface area contributed by atoms with Gasteiger partial charge in [-0.2, -0.15) is 0 Å². The zero-order valence-corrected chi connectivity index (χ0v) is 9.62. The summed E-state index contributed by atoms with van der Waals surface area (Å²) in [6.07, 6.45) is -0.256. The first-order chi connectivity index (χ1) is 6.93. The van der Waals surface area contributed by atoms with Crippen molar-refractivity contribution in [1.29, 1.82) is 0 Å². The molecule has 0 aliphatic carbocycles. The van der Waals surface area contributed by atoms with Crippen LogP contribution in [-0.2, 0) is 19.1 Å². The molecule has 6 heteroatoms. The molecule has 0 amide bonds. The Kier molecular flexibility index (Phi) is 9.76. The zero-order chi connectivity index (χ0) is 11.8. The molecule has 0 heterocycles. The van der Waals surface area contributed by atoms with Gasteiger partial charge in [0.1, 0.15) is 19.6 Å². The Morgan fingerprint density at radius 2 is 1.75 bits per heavy atom. The van der Waals surface area contributed by atoms with Crippen LogP contribution in [0.4, 0.5) is 0 Å². The Morgan fingerprint density at radius 3 is 2.19 bits per heavy atom. The van der Waals surface area contributed by atoms with Crippen LogP contribution in [0.3, 0.4) is 0 Å². The molecule has 0 rings (SSSR count). The van der Waals surface area contributed by atoms with Gasteiger partial charge in [0.2, 0.25) is 0 Å². The zero-order valence-electron chi connectivity index (χ0n) is 10.6. The third-order valence-electron chi connectivity index (χ3n) is 1.28. The molecule has 0 saturated heterocycles. The van der Waals surface area contributed by atoms with Crippen LogP contribution < -0.4 is 18.9 Å². The van der Waals surface area contributed by atoms with Crippen LogP contribution >= 0.6 is 0 Å². The van der Waals surface area contributed by atoms with Gasteiger partial charge >= 0.3 is 30.8 Å². The summed E-state index contributed by atoms with van der Waals surface area (Å²) in [5, 5.41) is 8.65. The molecule has 5 nitrogen and oxygen atoms in total. The van der Waals surface area contributed by atoms with E-state index in [1.165, 1.54) is 6.92 Å². The van der Waals surface area contributed by atoms with Crippen molar-refractivity contribution in [2.24, 2.45) is 0 Å². The summed E-state index contributed by atoms with van der Waals surface area (Å²) in [6, 6.07) is 0. The summed E-state index contributed by atoms with van der Waals surface area (Å²) in [5.74, 6) is -1.41. The number of rotatable bonds is 6. The summed E-state index contributed by atoms with van der Waals surface area (Å²) in [7, 11) is 0. The van der Waals surface area contributed by atoms with Crippen molar-refractivity contribution in [3.8, 4) is 0 Å². The van der Waals surface area contributed by atoms with Crippen LogP contribution in [0.2, 0.25) is 0 Å². The van der Waals surface area contributed by atoms with Crippen molar-refractivity contribution < 1.29 is 44.5 Å². The summed E-state index contributed by atoms with van der Waals surface area (Å²) >= 11 is 0. The number of hydrogen-bond donors (Lipinski definition) is 1. The van der Waals surface area contributed by atoms with Crippen molar-refractivity contribution >= 4 is 11.9 Å². The molecule has 0 spiro atoms. The van der Waals surface area contributed by atoms with E-state index < -0.39 is 11.9 Å². The fourth-order valence-corrected chi connectivity index (χ4v) is 0.631. The van der Waals surface area contributed by atoms with Gasteiger partial charge in [0.05, 0.1) is 5.76 Å². The van der Waals surface area contributed by atoms with Crippen LogP contribution in [0, 0.1) is 0 Å². The van der Waals surface area contributed by atoms with Gasteiger partial charge in [0.25, 0.3) is 0 Å². The smallest absolute Gasteiger partial charge is 1.00 e. The summed E-state index contributed by atoms with van der Waals surface area (Å²) < 4.78 is 9.27. The standard InChI is InChI=1S/C10H14O5.Li.H/c1-7(2)10(13)15-5-4-14-9(12)6-8(3)11;;/h11H,1,3-6H2,2H3;;/q;+1;-1. The molecule has 86 valence electrons. The van der Waals surface area contributed by atoms with Gasteiger partial charge in [-0.3, -0.25) is 4.79 Å². The number of hydrogen-bond acceptors (Lipinski definition) is 5. The second kappa shape index (κ2) is 9.07. The Hall–Kier alpha value is -1.18. The van der Waals surface area contributed by atoms with Gasteiger partial charge in [0.15, 0.2) is 0 Å². The van der Waals surface area contributed by atoms with Gasteiger partial charge in [-0.25, -0.2) is 4.79 Å². The third-order valence-corrected chi connectivity index (χ3v) is 1.28. The summed E-state index contributed by atoms with van der Waals surface area (Å²) in [4.78, 5) is 21.7. The molecule has 0 aromatic rings. The monoisotopic (exact) mass is 222 g/mol. The van der Waals surface area contributed by atoms with E-state index in [0.29, 0.717) is 0 Å². The molecule has 0 atom stereocenters.